The molecule has 1 N–H and O–H groups in total. The minimum absolute atomic E-state index is 0.0942. The van der Waals surface area contributed by atoms with E-state index in [2.05, 4.69) is 36.0 Å². The summed E-state index contributed by atoms with van der Waals surface area (Å²) in [5.74, 6) is 0.800. The van der Waals surface area contributed by atoms with Crippen molar-refractivity contribution < 1.29 is 0 Å². The lowest BCUT2D eigenvalue weighted by atomic mass is 10.1. The normalized spacial score (nSPS) is 11.9. The fourth-order valence-electron chi connectivity index (χ4n) is 1.41. The van der Waals surface area contributed by atoms with Crippen LogP contribution in [0.5, 0.6) is 0 Å². The number of hydrogen-bond donors (Lipinski definition) is 1. The standard InChI is InChI=1S/C9H12N4S2/c1-9(2,3)13-7(11-12-8(13)14)6-4-15-5-10-6/h4-5H,1-3H3,(H,12,14). The Balaban J connectivity index is 2.65. The van der Waals surface area contributed by atoms with E-state index in [-0.39, 0.29) is 5.54 Å². The molecule has 0 aromatic carbocycles. The zero-order valence-electron chi connectivity index (χ0n) is 8.81. The number of H-pyrrole nitrogens is 1. The van der Waals surface area contributed by atoms with E-state index in [9.17, 15) is 0 Å². The van der Waals surface area contributed by atoms with Gasteiger partial charge in [0.25, 0.3) is 0 Å². The average Bonchev–Trinajstić information content (AvgIpc) is 2.68. The van der Waals surface area contributed by atoms with E-state index < -0.39 is 0 Å². The van der Waals surface area contributed by atoms with Crippen LogP contribution in [0.25, 0.3) is 11.5 Å². The molecule has 4 nitrogen and oxygen atoms in total. The summed E-state index contributed by atoms with van der Waals surface area (Å²) in [5.41, 5.74) is 2.56. The fraction of sp³-hybridized carbons (Fsp3) is 0.444. The molecule has 15 heavy (non-hydrogen) atoms. The highest BCUT2D eigenvalue weighted by molar-refractivity contribution is 7.71. The number of rotatable bonds is 1. The summed E-state index contributed by atoms with van der Waals surface area (Å²) in [7, 11) is 0. The van der Waals surface area contributed by atoms with Crippen LogP contribution in [0.15, 0.2) is 10.9 Å². The zero-order valence-corrected chi connectivity index (χ0v) is 10.4. The molecule has 0 saturated heterocycles. The molecule has 0 aliphatic carbocycles. The summed E-state index contributed by atoms with van der Waals surface area (Å²) in [4.78, 5) is 4.24. The largest absolute Gasteiger partial charge is 0.293 e. The molecule has 0 amide bonds. The Morgan fingerprint density at radius 3 is 2.73 bits per heavy atom. The molecule has 0 aliphatic rings. The Bertz CT molecular complexity index is 501. The van der Waals surface area contributed by atoms with E-state index in [0.717, 1.165) is 11.5 Å². The van der Waals surface area contributed by atoms with Gasteiger partial charge in [-0.05, 0) is 33.0 Å². The molecule has 0 bridgehead atoms. The van der Waals surface area contributed by atoms with Gasteiger partial charge in [0.1, 0.15) is 5.69 Å². The predicted octanol–water partition coefficient (Wildman–Crippen LogP) is 2.82. The van der Waals surface area contributed by atoms with Crippen molar-refractivity contribution in [1.29, 1.82) is 0 Å². The highest BCUT2D eigenvalue weighted by Gasteiger charge is 2.21. The number of aromatic amines is 1. The summed E-state index contributed by atoms with van der Waals surface area (Å²) in [6, 6.07) is 0. The van der Waals surface area contributed by atoms with Gasteiger partial charge in [-0.1, -0.05) is 0 Å². The Morgan fingerprint density at radius 2 is 2.20 bits per heavy atom. The van der Waals surface area contributed by atoms with Crippen molar-refractivity contribution in [2.45, 2.75) is 26.3 Å². The van der Waals surface area contributed by atoms with E-state index in [1.54, 1.807) is 16.8 Å². The lowest BCUT2D eigenvalue weighted by molar-refractivity contribution is 0.395. The van der Waals surface area contributed by atoms with Crippen LogP contribution >= 0.6 is 23.6 Å². The first-order valence-corrected chi connectivity index (χ1v) is 5.92. The lowest BCUT2D eigenvalue weighted by Crippen LogP contribution is -2.23. The second-order valence-corrected chi connectivity index (χ2v) is 5.34. The SMILES string of the molecule is CC(C)(C)n1c(-c2cscn2)n[nH]c1=S. The molecule has 2 heterocycles. The summed E-state index contributed by atoms with van der Waals surface area (Å²) < 4.78 is 2.61. The van der Waals surface area contributed by atoms with E-state index in [0.29, 0.717) is 4.77 Å². The maximum Gasteiger partial charge on any atom is 0.195 e. The van der Waals surface area contributed by atoms with Gasteiger partial charge >= 0.3 is 0 Å². The Labute approximate surface area is 97.0 Å². The second-order valence-electron chi connectivity index (χ2n) is 4.23. The molecule has 0 radical (unpaired) electrons. The van der Waals surface area contributed by atoms with Gasteiger partial charge in [0.15, 0.2) is 10.6 Å². The van der Waals surface area contributed by atoms with E-state index in [4.69, 9.17) is 12.2 Å². The van der Waals surface area contributed by atoms with Crippen LogP contribution in [0.1, 0.15) is 20.8 Å². The van der Waals surface area contributed by atoms with Crippen molar-refractivity contribution in [3.8, 4) is 11.5 Å². The molecule has 6 heteroatoms. The number of nitrogens with zero attached hydrogens (tertiary/aromatic N) is 3. The van der Waals surface area contributed by atoms with Gasteiger partial charge in [-0.2, -0.15) is 5.10 Å². The minimum atomic E-state index is -0.0942. The van der Waals surface area contributed by atoms with Gasteiger partial charge in [0.2, 0.25) is 0 Å². The lowest BCUT2D eigenvalue weighted by Gasteiger charge is -2.21. The quantitative estimate of drug-likeness (QED) is 0.780. The predicted molar refractivity (Wildman–Crippen MR) is 63.5 cm³/mol. The van der Waals surface area contributed by atoms with Crippen molar-refractivity contribution in [2.24, 2.45) is 0 Å². The molecule has 2 rings (SSSR count). The molecule has 80 valence electrons. The Kier molecular flexibility index (Phi) is 2.47. The summed E-state index contributed by atoms with van der Waals surface area (Å²) in [5, 5.41) is 8.99. The highest BCUT2D eigenvalue weighted by atomic mass is 32.1. The number of hydrogen-bond acceptors (Lipinski definition) is 4. The molecule has 0 saturated carbocycles. The molecule has 0 atom stereocenters. The topological polar surface area (TPSA) is 46.5 Å². The smallest absolute Gasteiger partial charge is 0.195 e. The zero-order chi connectivity index (χ0) is 11.1. The van der Waals surface area contributed by atoms with E-state index in [1.807, 2.05) is 9.95 Å². The third kappa shape index (κ3) is 1.87. The van der Waals surface area contributed by atoms with Crippen LogP contribution < -0.4 is 0 Å². The number of thiazole rings is 1. The van der Waals surface area contributed by atoms with Crippen LogP contribution in [0.2, 0.25) is 0 Å². The molecule has 0 fully saturated rings. The monoisotopic (exact) mass is 240 g/mol. The minimum Gasteiger partial charge on any atom is -0.293 e. The first-order chi connectivity index (χ1) is 7.00. The van der Waals surface area contributed by atoms with E-state index >= 15 is 0 Å². The van der Waals surface area contributed by atoms with Gasteiger partial charge in [0, 0.05) is 10.9 Å². The fourth-order valence-corrected chi connectivity index (χ4v) is 2.35. The van der Waals surface area contributed by atoms with Gasteiger partial charge in [-0.3, -0.25) is 9.67 Å². The summed E-state index contributed by atoms with van der Waals surface area (Å²) in [6.07, 6.45) is 0. The number of aromatic nitrogens is 4. The third-order valence-electron chi connectivity index (χ3n) is 2.00. The molecule has 2 aromatic rings. The third-order valence-corrected chi connectivity index (χ3v) is 2.86. The highest BCUT2D eigenvalue weighted by Crippen LogP contribution is 2.24. The van der Waals surface area contributed by atoms with Crippen molar-refractivity contribution in [3.05, 3.63) is 15.7 Å². The molecular formula is C9H12N4S2. The summed E-state index contributed by atoms with van der Waals surface area (Å²) >= 11 is 6.77. The van der Waals surface area contributed by atoms with Crippen molar-refractivity contribution in [1.82, 2.24) is 19.7 Å². The maximum atomic E-state index is 5.22. The second kappa shape index (κ2) is 3.53. The number of nitrogens with one attached hydrogen (secondary N) is 1. The maximum absolute atomic E-state index is 5.22. The molecule has 0 spiro atoms. The van der Waals surface area contributed by atoms with Crippen molar-refractivity contribution in [3.63, 3.8) is 0 Å². The molecular weight excluding hydrogens is 228 g/mol. The average molecular weight is 240 g/mol. The molecule has 2 aromatic heterocycles. The van der Waals surface area contributed by atoms with Crippen LogP contribution in [0, 0.1) is 4.77 Å². The first-order valence-electron chi connectivity index (χ1n) is 4.56. The van der Waals surface area contributed by atoms with Crippen LogP contribution in [0.4, 0.5) is 0 Å². The van der Waals surface area contributed by atoms with Crippen LogP contribution in [0.3, 0.4) is 0 Å². The Morgan fingerprint density at radius 1 is 1.47 bits per heavy atom. The van der Waals surface area contributed by atoms with Crippen LogP contribution in [-0.4, -0.2) is 19.7 Å². The van der Waals surface area contributed by atoms with Crippen molar-refractivity contribution >= 4 is 23.6 Å². The van der Waals surface area contributed by atoms with Gasteiger partial charge < -0.3 is 0 Å². The van der Waals surface area contributed by atoms with E-state index in [1.165, 1.54) is 0 Å². The van der Waals surface area contributed by atoms with Gasteiger partial charge in [0.05, 0.1) is 5.51 Å². The van der Waals surface area contributed by atoms with Gasteiger partial charge in [-0.25, -0.2) is 4.98 Å². The Hall–Kier alpha value is -1.01. The first kappa shape index (κ1) is 10.5. The summed E-state index contributed by atoms with van der Waals surface area (Å²) in [6.45, 7) is 6.27. The molecule has 0 aliphatic heterocycles. The van der Waals surface area contributed by atoms with Crippen molar-refractivity contribution in [2.75, 3.05) is 0 Å². The van der Waals surface area contributed by atoms with Gasteiger partial charge in [-0.15, -0.1) is 11.3 Å². The molecule has 0 unspecified atom stereocenters. The van der Waals surface area contributed by atoms with Crippen LogP contribution in [-0.2, 0) is 5.54 Å².